The minimum absolute atomic E-state index is 0.0387. The number of carbonyl (C=O) groups is 3. The lowest BCUT2D eigenvalue weighted by Gasteiger charge is -2.29. The molecule has 4 heterocycles. The third-order valence-electron chi connectivity index (χ3n) is 6.93. The van der Waals surface area contributed by atoms with Gasteiger partial charge in [0.15, 0.2) is 0 Å². The number of nitrogens with one attached hydrogen (secondary N) is 1. The zero-order valence-corrected chi connectivity index (χ0v) is 19.1. The SMILES string of the molecule is O=C1CCC(N2Cc3cc(O[C@H]4CCN(Cc5ncc6ccccc6n5)C4)ccc3C2=O)C(=O)N1. The van der Waals surface area contributed by atoms with Gasteiger partial charge in [0, 0.05) is 43.2 Å². The van der Waals surface area contributed by atoms with Crippen LogP contribution in [0.15, 0.2) is 48.7 Å². The molecule has 0 bridgehead atoms. The van der Waals surface area contributed by atoms with Gasteiger partial charge in [-0.2, -0.15) is 0 Å². The second-order valence-corrected chi connectivity index (χ2v) is 9.33. The van der Waals surface area contributed by atoms with Gasteiger partial charge in [0.1, 0.15) is 23.7 Å². The molecular weight excluding hydrogens is 446 g/mol. The van der Waals surface area contributed by atoms with Crippen LogP contribution in [0.1, 0.15) is 41.0 Å². The van der Waals surface area contributed by atoms with Crippen molar-refractivity contribution in [3.05, 3.63) is 65.6 Å². The summed E-state index contributed by atoms with van der Waals surface area (Å²) in [6.07, 6.45) is 3.40. The molecule has 0 saturated carbocycles. The molecule has 3 aromatic rings. The molecule has 9 heteroatoms. The van der Waals surface area contributed by atoms with Crippen molar-refractivity contribution in [3.63, 3.8) is 0 Å². The molecule has 0 aliphatic carbocycles. The molecule has 3 amide bonds. The minimum Gasteiger partial charge on any atom is -0.489 e. The van der Waals surface area contributed by atoms with Crippen LogP contribution in [-0.2, 0) is 22.7 Å². The number of aromatic nitrogens is 2. The molecule has 2 saturated heterocycles. The Morgan fingerprint density at radius 2 is 1.97 bits per heavy atom. The van der Waals surface area contributed by atoms with E-state index in [1.54, 1.807) is 11.0 Å². The molecule has 178 valence electrons. The molecule has 0 radical (unpaired) electrons. The first-order valence-electron chi connectivity index (χ1n) is 11.9. The Balaban J connectivity index is 1.08. The van der Waals surface area contributed by atoms with Gasteiger partial charge in [-0.05, 0) is 42.7 Å². The molecule has 2 aromatic carbocycles. The normalized spacial score (nSPS) is 22.5. The lowest BCUT2D eigenvalue weighted by Crippen LogP contribution is -2.52. The highest BCUT2D eigenvalue weighted by Gasteiger charge is 2.39. The van der Waals surface area contributed by atoms with Crippen LogP contribution in [0.3, 0.4) is 0 Å². The van der Waals surface area contributed by atoms with Gasteiger partial charge in [0.25, 0.3) is 5.91 Å². The number of amides is 3. The molecule has 3 aliphatic heterocycles. The molecule has 1 N–H and O–H groups in total. The second-order valence-electron chi connectivity index (χ2n) is 9.33. The zero-order valence-electron chi connectivity index (χ0n) is 19.1. The van der Waals surface area contributed by atoms with E-state index in [0.29, 0.717) is 25.1 Å². The average Bonchev–Trinajstić information content (AvgIpc) is 3.42. The monoisotopic (exact) mass is 471 g/mol. The van der Waals surface area contributed by atoms with Gasteiger partial charge in [-0.15, -0.1) is 0 Å². The minimum atomic E-state index is -0.613. The summed E-state index contributed by atoms with van der Waals surface area (Å²) in [5.41, 5.74) is 2.38. The third-order valence-corrected chi connectivity index (χ3v) is 6.93. The van der Waals surface area contributed by atoms with Gasteiger partial charge in [-0.25, -0.2) is 9.97 Å². The first-order valence-corrected chi connectivity index (χ1v) is 11.9. The van der Waals surface area contributed by atoms with E-state index in [-0.39, 0.29) is 24.3 Å². The molecule has 2 atom stereocenters. The summed E-state index contributed by atoms with van der Waals surface area (Å²) < 4.78 is 6.25. The van der Waals surface area contributed by atoms with Gasteiger partial charge in [-0.3, -0.25) is 24.6 Å². The number of nitrogens with zero attached hydrogens (tertiary/aromatic N) is 4. The van der Waals surface area contributed by atoms with Gasteiger partial charge in [0.05, 0.1) is 12.1 Å². The lowest BCUT2D eigenvalue weighted by atomic mass is 10.0. The largest absolute Gasteiger partial charge is 0.489 e. The molecule has 2 fully saturated rings. The number of para-hydroxylation sites is 1. The molecule has 9 nitrogen and oxygen atoms in total. The quantitative estimate of drug-likeness (QED) is 0.568. The van der Waals surface area contributed by atoms with Crippen molar-refractivity contribution in [2.75, 3.05) is 13.1 Å². The van der Waals surface area contributed by atoms with Crippen LogP contribution >= 0.6 is 0 Å². The number of piperidine rings is 1. The third kappa shape index (κ3) is 4.23. The van der Waals surface area contributed by atoms with Crippen molar-refractivity contribution in [2.24, 2.45) is 0 Å². The number of imide groups is 1. The Labute approximate surface area is 202 Å². The Kier molecular flexibility index (Phi) is 5.41. The predicted octanol–water partition coefficient (Wildman–Crippen LogP) is 2.04. The number of fused-ring (bicyclic) bond motifs is 2. The standard InChI is InChI=1S/C26H25N5O4/c32-24-8-7-22(25(33)29-24)31-13-17-11-18(5-6-20(17)26(31)34)35-19-9-10-30(14-19)15-23-27-12-16-3-1-2-4-21(16)28-23/h1-6,11-12,19,22H,7-10,13-15H2,(H,29,32,33)/t19-,22?/m0/s1. The van der Waals surface area contributed by atoms with Gasteiger partial charge in [-0.1, -0.05) is 18.2 Å². The van der Waals surface area contributed by atoms with E-state index >= 15 is 0 Å². The first kappa shape index (κ1) is 21.7. The number of hydrogen-bond donors (Lipinski definition) is 1. The summed E-state index contributed by atoms with van der Waals surface area (Å²) in [5.74, 6) is 0.650. The highest BCUT2D eigenvalue weighted by Crippen LogP contribution is 2.31. The topological polar surface area (TPSA) is 105 Å². The molecule has 35 heavy (non-hydrogen) atoms. The van der Waals surface area contributed by atoms with Crippen LogP contribution in [0.4, 0.5) is 0 Å². The van der Waals surface area contributed by atoms with Crippen LogP contribution in [0.5, 0.6) is 5.75 Å². The number of hydrogen-bond acceptors (Lipinski definition) is 7. The van der Waals surface area contributed by atoms with Crippen LogP contribution in [-0.4, -0.2) is 62.7 Å². The fraction of sp³-hybridized carbons (Fsp3) is 0.346. The van der Waals surface area contributed by atoms with Crippen molar-refractivity contribution in [3.8, 4) is 5.75 Å². The summed E-state index contributed by atoms with van der Waals surface area (Å²) in [4.78, 5) is 49.6. The average molecular weight is 472 g/mol. The maximum Gasteiger partial charge on any atom is 0.255 e. The van der Waals surface area contributed by atoms with E-state index in [0.717, 1.165) is 47.6 Å². The smallest absolute Gasteiger partial charge is 0.255 e. The van der Waals surface area contributed by atoms with Crippen LogP contribution in [0, 0.1) is 0 Å². The molecule has 1 unspecified atom stereocenters. The maximum absolute atomic E-state index is 12.9. The predicted molar refractivity (Wildman–Crippen MR) is 126 cm³/mol. The summed E-state index contributed by atoms with van der Waals surface area (Å²) in [6, 6.07) is 12.8. The van der Waals surface area contributed by atoms with E-state index in [2.05, 4.69) is 20.2 Å². The van der Waals surface area contributed by atoms with Crippen molar-refractivity contribution in [1.82, 2.24) is 25.1 Å². The number of carbonyl (C=O) groups excluding carboxylic acids is 3. The Bertz CT molecular complexity index is 1340. The van der Waals surface area contributed by atoms with Crippen molar-refractivity contribution >= 4 is 28.6 Å². The molecule has 6 rings (SSSR count). The maximum atomic E-state index is 12.9. The number of ether oxygens (including phenoxy) is 1. The van der Waals surface area contributed by atoms with E-state index in [1.807, 2.05) is 42.6 Å². The Hall–Kier alpha value is -3.85. The molecule has 3 aliphatic rings. The molecule has 0 spiro atoms. The molecular formula is C26H25N5O4. The van der Waals surface area contributed by atoms with E-state index in [4.69, 9.17) is 4.74 Å². The summed E-state index contributed by atoms with van der Waals surface area (Å²) in [5, 5.41) is 3.37. The molecule has 1 aromatic heterocycles. The lowest BCUT2D eigenvalue weighted by molar-refractivity contribution is -0.136. The highest BCUT2D eigenvalue weighted by molar-refractivity contribution is 6.05. The van der Waals surface area contributed by atoms with E-state index < -0.39 is 11.9 Å². The van der Waals surface area contributed by atoms with Crippen molar-refractivity contribution < 1.29 is 19.1 Å². The first-order chi connectivity index (χ1) is 17.0. The van der Waals surface area contributed by atoms with Crippen LogP contribution in [0.25, 0.3) is 10.9 Å². The number of rotatable bonds is 5. The van der Waals surface area contributed by atoms with E-state index in [1.165, 1.54) is 0 Å². The van der Waals surface area contributed by atoms with Gasteiger partial charge < -0.3 is 9.64 Å². The number of likely N-dealkylation sites (tertiary alicyclic amines) is 1. The van der Waals surface area contributed by atoms with Crippen molar-refractivity contribution in [2.45, 2.75) is 44.5 Å². The van der Waals surface area contributed by atoms with Gasteiger partial charge in [0.2, 0.25) is 11.8 Å². The fourth-order valence-electron chi connectivity index (χ4n) is 5.14. The Morgan fingerprint density at radius 3 is 2.86 bits per heavy atom. The van der Waals surface area contributed by atoms with Crippen molar-refractivity contribution in [1.29, 1.82) is 0 Å². The summed E-state index contributed by atoms with van der Waals surface area (Å²) in [7, 11) is 0. The van der Waals surface area contributed by atoms with Crippen LogP contribution in [0.2, 0.25) is 0 Å². The second kappa shape index (κ2) is 8.74. The number of benzene rings is 2. The highest BCUT2D eigenvalue weighted by atomic mass is 16.5. The fourth-order valence-corrected chi connectivity index (χ4v) is 5.14. The summed E-state index contributed by atoms with van der Waals surface area (Å²) in [6.45, 7) is 2.68. The summed E-state index contributed by atoms with van der Waals surface area (Å²) >= 11 is 0. The van der Waals surface area contributed by atoms with Crippen LogP contribution < -0.4 is 10.1 Å². The van der Waals surface area contributed by atoms with E-state index in [9.17, 15) is 14.4 Å². The zero-order chi connectivity index (χ0) is 23.9. The Morgan fingerprint density at radius 1 is 1.09 bits per heavy atom. The van der Waals surface area contributed by atoms with Gasteiger partial charge >= 0.3 is 0 Å².